The van der Waals surface area contributed by atoms with Crippen LogP contribution in [0.15, 0.2) is 36.4 Å². The van der Waals surface area contributed by atoms with E-state index in [0.717, 1.165) is 0 Å². The molecule has 0 saturated carbocycles. The summed E-state index contributed by atoms with van der Waals surface area (Å²) in [5.74, 6) is -0.194. The Hall–Kier alpha value is -2.55. The number of phenols is 1. The molecule has 0 bridgehead atoms. The molecule has 0 aliphatic heterocycles. The minimum absolute atomic E-state index is 0.0692. The summed E-state index contributed by atoms with van der Waals surface area (Å²) in [6.45, 7) is 0. The van der Waals surface area contributed by atoms with Gasteiger partial charge >= 0.3 is 0 Å². The molecule has 0 spiro atoms. The number of rotatable bonds is 3. The third kappa shape index (κ3) is 3.37. The van der Waals surface area contributed by atoms with Crippen LogP contribution >= 0.6 is 23.2 Å². The topological polar surface area (TPSA) is 87.2 Å². The first kappa shape index (κ1) is 15.8. The molecule has 0 fully saturated rings. The maximum Gasteiger partial charge on any atom is 0.269 e. The average Bonchev–Trinajstić information content (AvgIpc) is 2.49. The van der Waals surface area contributed by atoms with Crippen LogP contribution in [0.5, 0.6) is 5.75 Å². The molecule has 0 amide bonds. The number of phenolic OH excluding ortho intramolecular Hbond substituents is 1. The standard InChI is InChI=1S/C15H8Cl2N2O3/c16-12-6-10(15(20)14(17)7-12)5-11(8-18)9-1-3-13(4-2-9)19(21)22/h1-7,20H/b11-5+. The van der Waals surface area contributed by atoms with E-state index in [2.05, 4.69) is 0 Å². The van der Waals surface area contributed by atoms with Crippen molar-refractivity contribution in [3.05, 3.63) is 67.7 Å². The van der Waals surface area contributed by atoms with E-state index in [0.29, 0.717) is 10.6 Å². The first-order valence-electron chi connectivity index (χ1n) is 5.97. The van der Waals surface area contributed by atoms with Crippen LogP contribution in [0.1, 0.15) is 11.1 Å². The number of nitrogens with zero attached hydrogens (tertiary/aromatic N) is 2. The molecule has 2 aromatic carbocycles. The van der Waals surface area contributed by atoms with Crippen molar-refractivity contribution in [3.8, 4) is 11.8 Å². The van der Waals surface area contributed by atoms with Crippen LogP contribution < -0.4 is 0 Å². The molecular weight excluding hydrogens is 327 g/mol. The summed E-state index contributed by atoms with van der Waals surface area (Å²) < 4.78 is 0. The van der Waals surface area contributed by atoms with Crippen LogP contribution in [0.25, 0.3) is 11.6 Å². The lowest BCUT2D eigenvalue weighted by Gasteiger charge is -2.04. The number of hydrogen-bond acceptors (Lipinski definition) is 4. The molecule has 0 unspecified atom stereocenters. The predicted octanol–water partition coefficient (Wildman–Crippen LogP) is 4.67. The first-order valence-corrected chi connectivity index (χ1v) is 6.72. The molecule has 2 aromatic rings. The highest BCUT2D eigenvalue weighted by atomic mass is 35.5. The number of hydrogen-bond donors (Lipinski definition) is 1. The van der Waals surface area contributed by atoms with Gasteiger partial charge < -0.3 is 5.11 Å². The van der Waals surface area contributed by atoms with Gasteiger partial charge in [0.05, 0.1) is 21.6 Å². The van der Waals surface area contributed by atoms with Crippen molar-refractivity contribution >= 4 is 40.5 Å². The smallest absolute Gasteiger partial charge is 0.269 e. The quantitative estimate of drug-likeness (QED) is 0.382. The third-order valence-corrected chi connectivity index (χ3v) is 3.37. The molecule has 0 aromatic heterocycles. The maximum atomic E-state index is 10.6. The lowest BCUT2D eigenvalue weighted by atomic mass is 10.0. The van der Waals surface area contributed by atoms with E-state index in [1.165, 1.54) is 42.5 Å². The molecule has 0 radical (unpaired) electrons. The number of nitro groups is 1. The molecule has 110 valence electrons. The molecule has 2 rings (SSSR count). The van der Waals surface area contributed by atoms with Crippen LogP contribution in [-0.2, 0) is 0 Å². The van der Waals surface area contributed by atoms with Gasteiger partial charge in [0.15, 0.2) is 0 Å². The van der Waals surface area contributed by atoms with E-state index in [9.17, 15) is 20.5 Å². The van der Waals surface area contributed by atoms with E-state index in [1.54, 1.807) is 0 Å². The molecule has 0 heterocycles. The van der Waals surface area contributed by atoms with Gasteiger partial charge in [-0.05, 0) is 35.9 Å². The number of nitriles is 1. The summed E-state index contributed by atoms with van der Waals surface area (Å²) >= 11 is 11.7. The molecule has 0 aliphatic carbocycles. The monoisotopic (exact) mass is 334 g/mol. The second-order valence-corrected chi connectivity index (χ2v) is 5.14. The Morgan fingerprint density at radius 1 is 1.27 bits per heavy atom. The number of benzene rings is 2. The van der Waals surface area contributed by atoms with Gasteiger partial charge in [-0.15, -0.1) is 0 Å². The molecular formula is C15H8Cl2N2O3. The van der Waals surface area contributed by atoms with Crippen LogP contribution in [0.3, 0.4) is 0 Å². The predicted molar refractivity (Wildman–Crippen MR) is 84.7 cm³/mol. The van der Waals surface area contributed by atoms with E-state index < -0.39 is 4.92 Å². The van der Waals surface area contributed by atoms with Crippen molar-refractivity contribution < 1.29 is 10.0 Å². The van der Waals surface area contributed by atoms with Crippen LogP contribution in [0.2, 0.25) is 10.0 Å². The van der Waals surface area contributed by atoms with Gasteiger partial charge in [0.2, 0.25) is 0 Å². The lowest BCUT2D eigenvalue weighted by Crippen LogP contribution is -1.88. The molecule has 0 atom stereocenters. The fraction of sp³-hybridized carbons (Fsp3) is 0. The Bertz CT molecular complexity index is 809. The average molecular weight is 335 g/mol. The highest BCUT2D eigenvalue weighted by molar-refractivity contribution is 6.35. The zero-order chi connectivity index (χ0) is 16.3. The highest BCUT2D eigenvalue weighted by Gasteiger charge is 2.10. The molecule has 22 heavy (non-hydrogen) atoms. The first-order chi connectivity index (χ1) is 10.4. The largest absolute Gasteiger partial charge is 0.506 e. The van der Waals surface area contributed by atoms with Crippen molar-refractivity contribution in [2.24, 2.45) is 0 Å². The summed E-state index contributed by atoms with van der Waals surface area (Å²) in [6.07, 6.45) is 1.41. The number of halogens is 2. The molecule has 0 saturated heterocycles. The Labute approximate surface area is 135 Å². The summed E-state index contributed by atoms with van der Waals surface area (Å²) in [5, 5.41) is 30.2. The van der Waals surface area contributed by atoms with E-state index in [-0.39, 0.29) is 27.6 Å². The van der Waals surface area contributed by atoms with Crippen LogP contribution in [-0.4, -0.2) is 10.0 Å². The lowest BCUT2D eigenvalue weighted by molar-refractivity contribution is -0.384. The summed E-state index contributed by atoms with van der Waals surface area (Å²) in [6, 6.07) is 10.3. The Morgan fingerprint density at radius 2 is 1.91 bits per heavy atom. The minimum atomic E-state index is -0.526. The summed E-state index contributed by atoms with van der Waals surface area (Å²) in [7, 11) is 0. The van der Waals surface area contributed by atoms with Gasteiger partial charge in [-0.3, -0.25) is 10.1 Å². The van der Waals surface area contributed by atoms with E-state index in [4.69, 9.17) is 23.2 Å². The maximum absolute atomic E-state index is 10.6. The van der Waals surface area contributed by atoms with Gasteiger partial charge in [0.1, 0.15) is 5.75 Å². The van der Waals surface area contributed by atoms with Crippen molar-refractivity contribution in [1.82, 2.24) is 0 Å². The van der Waals surface area contributed by atoms with Crippen molar-refractivity contribution in [2.75, 3.05) is 0 Å². The Morgan fingerprint density at radius 3 is 2.45 bits per heavy atom. The number of nitro benzene ring substituents is 1. The zero-order valence-corrected chi connectivity index (χ0v) is 12.5. The van der Waals surface area contributed by atoms with Crippen LogP contribution in [0, 0.1) is 21.4 Å². The molecule has 0 aliphatic rings. The Kier molecular flexibility index (Phi) is 4.66. The zero-order valence-electron chi connectivity index (χ0n) is 11.0. The molecule has 1 N–H and O–H groups in total. The highest BCUT2D eigenvalue weighted by Crippen LogP contribution is 2.33. The van der Waals surface area contributed by atoms with Crippen molar-refractivity contribution in [2.45, 2.75) is 0 Å². The van der Waals surface area contributed by atoms with Crippen molar-refractivity contribution in [1.29, 1.82) is 5.26 Å². The SMILES string of the molecule is N#C/C(=C\c1cc(Cl)cc(Cl)c1O)c1ccc([N+](=O)[O-])cc1. The number of non-ortho nitro benzene ring substituents is 1. The molecule has 7 heteroatoms. The third-order valence-electron chi connectivity index (χ3n) is 2.87. The molecule has 5 nitrogen and oxygen atoms in total. The van der Waals surface area contributed by atoms with E-state index >= 15 is 0 Å². The van der Waals surface area contributed by atoms with Crippen molar-refractivity contribution in [3.63, 3.8) is 0 Å². The minimum Gasteiger partial charge on any atom is -0.506 e. The fourth-order valence-electron chi connectivity index (χ4n) is 1.79. The number of allylic oxidation sites excluding steroid dienone is 1. The van der Waals surface area contributed by atoms with Gasteiger partial charge in [-0.2, -0.15) is 5.26 Å². The normalized spacial score (nSPS) is 11.0. The van der Waals surface area contributed by atoms with Gasteiger partial charge in [0.25, 0.3) is 5.69 Å². The van der Waals surface area contributed by atoms with Gasteiger partial charge in [-0.1, -0.05) is 23.2 Å². The Balaban J connectivity index is 2.48. The number of aromatic hydroxyl groups is 1. The van der Waals surface area contributed by atoms with Crippen LogP contribution in [0.4, 0.5) is 5.69 Å². The summed E-state index contributed by atoms with van der Waals surface area (Å²) in [4.78, 5) is 10.1. The van der Waals surface area contributed by atoms with Gasteiger partial charge in [-0.25, -0.2) is 0 Å². The second kappa shape index (κ2) is 6.48. The summed E-state index contributed by atoms with van der Waals surface area (Å²) in [5.41, 5.74) is 0.897. The van der Waals surface area contributed by atoms with Gasteiger partial charge in [0, 0.05) is 22.7 Å². The van der Waals surface area contributed by atoms with E-state index in [1.807, 2.05) is 6.07 Å². The second-order valence-electron chi connectivity index (χ2n) is 4.30. The fourth-order valence-corrected chi connectivity index (χ4v) is 2.30.